The number of ketones is 2. The van der Waals surface area contributed by atoms with Crippen molar-refractivity contribution in [3.63, 3.8) is 0 Å². The van der Waals surface area contributed by atoms with Gasteiger partial charge in [0, 0.05) is 62.9 Å². The van der Waals surface area contributed by atoms with Crippen LogP contribution in [0.3, 0.4) is 0 Å². The molecule has 188 valence electrons. The van der Waals surface area contributed by atoms with Gasteiger partial charge in [0.05, 0.1) is 0 Å². The molecule has 1 heterocycles. The molecule has 0 unspecified atom stereocenters. The van der Waals surface area contributed by atoms with Gasteiger partial charge in [-0.1, -0.05) is 80.7 Å². The first-order chi connectivity index (χ1) is 16.8. The minimum atomic E-state index is -0.478. The number of allylic oxidation sites excluding steroid dienone is 4. The summed E-state index contributed by atoms with van der Waals surface area (Å²) in [4.78, 5) is 30.0. The third kappa shape index (κ3) is 4.66. The molecule has 3 nitrogen and oxygen atoms in total. The van der Waals surface area contributed by atoms with Crippen LogP contribution in [0.5, 0.6) is 0 Å². The summed E-state index contributed by atoms with van der Waals surface area (Å²) in [5, 5.41) is 1.68. The molecule has 2 aromatic rings. The zero-order valence-electron chi connectivity index (χ0n) is 21.1. The molecular formula is C30H30Cl3NO2. The standard InChI is InChI=1S/C30H30Cl3NO2/c1-29(2)12-22-27(24(35)14-29)26(20-10-9-19(32)11-21(20)33)28-23(13-30(3,4)15-25(28)36)34(22)16-17-5-7-18(31)8-6-17/h5-11,26H,12-16H2,1-4H3. The van der Waals surface area contributed by atoms with Crippen LogP contribution in [0.15, 0.2) is 65.0 Å². The van der Waals surface area contributed by atoms with Gasteiger partial charge in [-0.25, -0.2) is 0 Å². The highest BCUT2D eigenvalue weighted by Gasteiger charge is 2.49. The summed E-state index contributed by atoms with van der Waals surface area (Å²) in [5.74, 6) is -0.307. The Morgan fingerprint density at radius 3 is 1.75 bits per heavy atom. The maximum Gasteiger partial charge on any atom is 0.162 e. The van der Waals surface area contributed by atoms with Crippen molar-refractivity contribution in [3.05, 3.63) is 91.2 Å². The van der Waals surface area contributed by atoms with Gasteiger partial charge < -0.3 is 4.90 Å². The number of halogens is 3. The second kappa shape index (κ2) is 9.04. The molecule has 2 aromatic carbocycles. The van der Waals surface area contributed by atoms with E-state index in [9.17, 15) is 9.59 Å². The van der Waals surface area contributed by atoms with E-state index in [0.29, 0.717) is 45.6 Å². The van der Waals surface area contributed by atoms with E-state index in [0.717, 1.165) is 35.4 Å². The molecule has 0 saturated heterocycles. The monoisotopic (exact) mass is 541 g/mol. The van der Waals surface area contributed by atoms with Crippen molar-refractivity contribution in [1.29, 1.82) is 0 Å². The van der Waals surface area contributed by atoms with Crippen LogP contribution in [0, 0.1) is 10.8 Å². The zero-order chi connectivity index (χ0) is 26.0. The molecule has 0 atom stereocenters. The Balaban J connectivity index is 1.77. The van der Waals surface area contributed by atoms with Crippen molar-refractivity contribution in [2.24, 2.45) is 10.8 Å². The fourth-order valence-electron chi connectivity index (χ4n) is 6.06. The second-order valence-corrected chi connectivity index (χ2v) is 13.2. The maximum absolute atomic E-state index is 13.9. The molecule has 0 N–H and O–H groups in total. The summed E-state index contributed by atoms with van der Waals surface area (Å²) >= 11 is 19.1. The maximum atomic E-state index is 13.9. The van der Waals surface area contributed by atoms with E-state index in [1.165, 1.54) is 0 Å². The number of hydrogen-bond acceptors (Lipinski definition) is 3. The van der Waals surface area contributed by atoms with Crippen LogP contribution in [-0.2, 0) is 16.1 Å². The fourth-order valence-corrected chi connectivity index (χ4v) is 6.70. The lowest BCUT2D eigenvalue weighted by atomic mass is 9.63. The summed E-state index contributed by atoms with van der Waals surface area (Å²) in [6.45, 7) is 9.12. The van der Waals surface area contributed by atoms with Crippen LogP contribution < -0.4 is 0 Å². The number of hydrogen-bond donors (Lipinski definition) is 0. The summed E-state index contributed by atoms with van der Waals surface area (Å²) in [5.41, 5.74) is 4.90. The minimum Gasteiger partial charge on any atom is -0.343 e. The fraction of sp³-hybridized carbons (Fsp3) is 0.400. The highest BCUT2D eigenvalue weighted by atomic mass is 35.5. The molecule has 0 aromatic heterocycles. The summed E-state index contributed by atoms with van der Waals surface area (Å²) in [7, 11) is 0. The SMILES string of the molecule is CC1(C)CC(=O)C2=C(C1)N(Cc1ccc(Cl)cc1)C1=C(C(=O)CC(C)(C)C1)C2c1ccc(Cl)cc1Cl. The van der Waals surface area contributed by atoms with E-state index in [4.69, 9.17) is 34.8 Å². The van der Waals surface area contributed by atoms with Crippen LogP contribution in [0.2, 0.25) is 15.1 Å². The number of Topliss-reactive ketones (excluding diaryl/α,β-unsaturated/α-hetero) is 2. The lowest BCUT2D eigenvalue weighted by molar-refractivity contribution is -0.119. The Morgan fingerprint density at radius 2 is 1.25 bits per heavy atom. The lowest BCUT2D eigenvalue weighted by Gasteiger charge is -2.49. The van der Waals surface area contributed by atoms with Crippen LogP contribution in [0.4, 0.5) is 0 Å². The summed E-state index contributed by atoms with van der Waals surface area (Å²) in [6, 6.07) is 13.2. The highest BCUT2D eigenvalue weighted by Crippen LogP contribution is 2.55. The minimum absolute atomic E-state index is 0.0857. The van der Waals surface area contributed by atoms with Gasteiger partial charge in [-0.05, 0) is 59.1 Å². The molecular weight excluding hydrogens is 513 g/mol. The normalized spacial score (nSPS) is 21.6. The van der Waals surface area contributed by atoms with Crippen molar-refractivity contribution in [1.82, 2.24) is 4.90 Å². The van der Waals surface area contributed by atoms with Crippen molar-refractivity contribution in [3.8, 4) is 0 Å². The molecule has 6 heteroatoms. The lowest BCUT2D eigenvalue weighted by Crippen LogP contribution is -2.44. The van der Waals surface area contributed by atoms with Gasteiger partial charge in [-0.2, -0.15) is 0 Å². The van der Waals surface area contributed by atoms with E-state index < -0.39 is 5.92 Å². The first-order valence-corrected chi connectivity index (χ1v) is 13.5. The molecule has 2 aliphatic carbocycles. The molecule has 0 bridgehead atoms. The molecule has 0 spiro atoms. The Bertz CT molecular complexity index is 1280. The average molecular weight is 543 g/mol. The van der Waals surface area contributed by atoms with E-state index in [-0.39, 0.29) is 22.4 Å². The Kier molecular flexibility index (Phi) is 6.42. The molecule has 0 amide bonds. The molecule has 36 heavy (non-hydrogen) atoms. The third-order valence-electron chi connectivity index (χ3n) is 7.55. The predicted molar refractivity (Wildman–Crippen MR) is 146 cm³/mol. The first kappa shape index (κ1) is 25.6. The van der Waals surface area contributed by atoms with Gasteiger partial charge in [0.25, 0.3) is 0 Å². The zero-order valence-corrected chi connectivity index (χ0v) is 23.3. The van der Waals surface area contributed by atoms with Crippen molar-refractivity contribution >= 4 is 46.4 Å². The largest absolute Gasteiger partial charge is 0.343 e. The smallest absolute Gasteiger partial charge is 0.162 e. The topological polar surface area (TPSA) is 37.4 Å². The van der Waals surface area contributed by atoms with E-state index in [1.54, 1.807) is 12.1 Å². The highest BCUT2D eigenvalue weighted by molar-refractivity contribution is 6.35. The first-order valence-electron chi connectivity index (χ1n) is 12.3. The van der Waals surface area contributed by atoms with Gasteiger partial charge in [-0.3, -0.25) is 9.59 Å². The van der Waals surface area contributed by atoms with Crippen LogP contribution >= 0.6 is 34.8 Å². The molecule has 1 aliphatic heterocycles. The predicted octanol–water partition coefficient (Wildman–Crippen LogP) is 8.53. The molecule has 0 fully saturated rings. The number of carbonyl (C=O) groups is 2. The number of benzene rings is 2. The van der Waals surface area contributed by atoms with Crippen molar-refractivity contribution in [2.45, 2.75) is 65.8 Å². The van der Waals surface area contributed by atoms with Gasteiger partial charge in [0.15, 0.2) is 11.6 Å². The Labute approximate surface area is 228 Å². The summed E-state index contributed by atoms with van der Waals surface area (Å²) in [6.07, 6.45) is 2.36. The quantitative estimate of drug-likeness (QED) is 0.390. The summed E-state index contributed by atoms with van der Waals surface area (Å²) < 4.78 is 0. The second-order valence-electron chi connectivity index (χ2n) is 11.9. The number of rotatable bonds is 3. The van der Waals surface area contributed by atoms with Crippen molar-refractivity contribution in [2.75, 3.05) is 0 Å². The van der Waals surface area contributed by atoms with Crippen LogP contribution in [0.1, 0.15) is 70.4 Å². The molecule has 0 saturated carbocycles. The molecule has 0 radical (unpaired) electrons. The van der Waals surface area contributed by atoms with Crippen molar-refractivity contribution < 1.29 is 9.59 Å². The van der Waals surface area contributed by atoms with E-state index in [1.807, 2.05) is 30.3 Å². The third-order valence-corrected chi connectivity index (χ3v) is 8.36. The van der Waals surface area contributed by atoms with E-state index in [2.05, 4.69) is 32.6 Å². The van der Waals surface area contributed by atoms with Gasteiger partial charge >= 0.3 is 0 Å². The molecule has 5 rings (SSSR count). The van der Waals surface area contributed by atoms with Gasteiger partial charge in [-0.15, -0.1) is 0 Å². The van der Waals surface area contributed by atoms with Gasteiger partial charge in [0.2, 0.25) is 0 Å². The molecule has 3 aliphatic rings. The van der Waals surface area contributed by atoms with Crippen LogP contribution in [-0.4, -0.2) is 16.5 Å². The average Bonchev–Trinajstić information content (AvgIpc) is 2.75. The Hall–Kier alpha value is -2.07. The van der Waals surface area contributed by atoms with Crippen LogP contribution in [0.25, 0.3) is 0 Å². The van der Waals surface area contributed by atoms with Gasteiger partial charge in [0.1, 0.15) is 0 Å². The van der Waals surface area contributed by atoms with E-state index >= 15 is 0 Å². The number of nitrogens with zero attached hydrogens (tertiary/aromatic N) is 1. The Morgan fingerprint density at radius 1 is 0.750 bits per heavy atom. The number of carbonyl (C=O) groups excluding carboxylic acids is 2.